The smallest absolute Gasteiger partial charge is 0.143 e. The van der Waals surface area contributed by atoms with Gasteiger partial charge >= 0.3 is 0 Å². The number of ether oxygens (including phenoxy) is 1. The maximum Gasteiger partial charge on any atom is 0.143 e. The highest BCUT2D eigenvalue weighted by molar-refractivity contribution is 14.1. The zero-order chi connectivity index (χ0) is 10.0. The van der Waals surface area contributed by atoms with Gasteiger partial charge in [0.2, 0.25) is 0 Å². The Kier molecular flexibility index (Phi) is 3.79. The largest absolute Gasteiger partial charge is 0.490 e. The van der Waals surface area contributed by atoms with E-state index in [2.05, 4.69) is 0 Å². The topological polar surface area (TPSA) is 9.23 Å². The minimum absolute atomic E-state index is 0.0649. The van der Waals surface area contributed by atoms with Crippen LogP contribution in [0.1, 0.15) is 13.8 Å². The maximum atomic E-state index is 12.9. The number of hydrogen-bond acceptors (Lipinski definition) is 1. The fraction of sp³-hybridized carbons (Fsp3) is 0.333. The van der Waals surface area contributed by atoms with Crippen molar-refractivity contribution in [3.63, 3.8) is 0 Å². The molecule has 13 heavy (non-hydrogen) atoms. The molecule has 0 aliphatic rings. The summed E-state index contributed by atoms with van der Waals surface area (Å²) in [6.45, 7) is 3.82. The molecule has 1 nitrogen and oxygen atoms in total. The van der Waals surface area contributed by atoms with Crippen molar-refractivity contribution in [1.82, 2.24) is 0 Å². The van der Waals surface area contributed by atoms with Crippen LogP contribution in [0.3, 0.4) is 0 Å². The predicted octanol–water partition coefficient (Wildman–Crippen LogP) is 3.87. The van der Waals surface area contributed by atoms with Gasteiger partial charge in [0, 0.05) is 6.07 Å². The average Bonchev–Trinajstić information content (AvgIpc) is 1.99. The molecule has 0 fully saturated rings. The van der Waals surface area contributed by atoms with Crippen LogP contribution in [0.15, 0.2) is 12.1 Å². The van der Waals surface area contributed by atoms with Crippen LogP contribution in [0.5, 0.6) is 5.75 Å². The lowest BCUT2D eigenvalue weighted by Gasteiger charge is -2.11. The van der Waals surface area contributed by atoms with E-state index in [1.165, 1.54) is 12.1 Å². The Labute approximate surface area is 95.4 Å². The highest BCUT2D eigenvalue weighted by atomic mass is 127. The molecule has 0 unspecified atom stereocenters. The summed E-state index contributed by atoms with van der Waals surface area (Å²) in [7, 11) is 0. The molecule has 0 radical (unpaired) electrons. The molecule has 1 aromatic rings. The third-order valence-corrected chi connectivity index (χ3v) is 2.47. The van der Waals surface area contributed by atoms with Crippen molar-refractivity contribution in [3.8, 4) is 5.75 Å². The van der Waals surface area contributed by atoms with Crippen molar-refractivity contribution in [2.45, 2.75) is 20.0 Å². The SMILES string of the molecule is CC(C)Oc1cc(Cl)c(F)cc1I. The molecule has 4 heteroatoms. The Morgan fingerprint density at radius 2 is 2.08 bits per heavy atom. The van der Waals surface area contributed by atoms with Gasteiger partial charge in [-0.15, -0.1) is 0 Å². The summed E-state index contributed by atoms with van der Waals surface area (Å²) in [5.74, 6) is 0.212. The second-order valence-electron chi connectivity index (χ2n) is 2.86. The minimum Gasteiger partial charge on any atom is -0.490 e. The van der Waals surface area contributed by atoms with Gasteiger partial charge in [-0.1, -0.05) is 11.6 Å². The van der Waals surface area contributed by atoms with E-state index in [1.54, 1.807) is 0 Å². The predicted molar refractivity (Wildman–Crippen MR) is 59.9 cm³/mol. The van der Waals surface area contributed by atoms with Crippen LogP contribution in [-0.2, 0) is 0 Å². The fourth-order valence-electron chi connectivity index (χ4n) is 0.849. The second kappa shape index (κ2) is 4.46. The average molecular weight is 315 g/mol. The van der Waals surface area contributed by atoms with Crippen LogP contribution in [0.4, 0.5) is 4.39 Å². The van der Waals surface area contributed by atoms with Gasteiger partial charge in [0.15, 0.2) is 0 Å². The molecule has 0 spiro atoms. The number of hydrogen-bond donors (Lipinski definition) is 0. The molecule has 0 aliphatic carbocycles. The fourth-order valence-corrected chi connectivity index (χ4v) is 1.56. The number of halogens is 3. The van der Waals surface area contributed by atoms with E-state index in [1.807, 2.05) is 36.4 Å². The molecule has 0 atom stereocenters. The van der Waals surface area contributed by atoms with Crippen LogP contribution in [0.25, 0.3) is 0 Å². The van der Waals surface area contributed by atoms with Crippen molar-refractivity contribution in [2.75, 3.05) is 0 Å². The molecule has 0 heterocycles. The van der Waals surface area contributed by atoms with E-state index in [9.17, 15) is 4.39 Å². The van der Waals surface area contributed by atoms with Gasteiger partial charge in [-0.05, 0) is 42.5 Å². The summed E-state index contributed by atoms with van der Waals surface area (Å²) in [6.07, 6.45) is 0.0649. The zero-order valence-corrected chi connectivity index (χ0v) is 10.2. The van der Waals surface area contributed by atoms with Crippen molar-refractivity contribution in [1.29, 1.82) is 0 Å². The van der Waals surface area contributed by atoms with Crippen molar-refractivity contribution in [3.05, 3.63) is 26.5 Å². The first kappa shape index (κ1) is 11.0. The summed E-state index contributed by atoms with van der Waals surface area (Å²) < 4.78 is 19.1. The first-order valence-corrected chi connectivity index (χ1v) is 5.27. The Hall–Kier alpha value is -0.0300. The van der Waals surface area contributed by atoms with E-state index in [-0.39, 0.29) is 11.1 Å². The Bertz CT molecular complexity index is 315. The molecular formula is C9H9ClFIO. The molecule has 0 saturated heterocycles. The first-order chi connectivity index (χ1) is 6.00. The van der Waals surface area contributed by atoms with E-state index in [0.29, 0.717) is 5.75 Å². The quantitative estimate of drug-likeness (QED) is 0.595. The molecule has 0 bridgehead atoms. The summed E-state index contributed by atoms with van der Waals surface area (Å²) >= 11 is 7.62. The molecule has 0 amide bonds. The standard InChI is InChI=1S/C9H9ClFIO/c1-5(2)13-9-3-6(10)7(11)4-8(9)12/h3-5H,1-2H3. The molecular weight excluding hydrogens is 305 g/mol. The molecule has 1 rings (SSSR count). The third-order valence-electron chi connectivity index (χ3n) is 1.34. The first-order valence-electron chi connectivity index (χ1n) is 3.82. The van der Waals surface area contributed by atoms with Crippen LogP contribution in [0.2, 0.25) is 5.02 Å². The lowest BCUT2D eigenvalue weighted by molar-refractivity contribution is 0.240. The summed E-state index contributed by atoms with van der Waals surface area (Å²) in [5, 5.41) is 0.0936. The van der Waals surface area contributed by atoms with Crippen LogP contribution in [-0.4, -0.2) is 6.10 Å². The van der Waals surface area contributed by atoms with Crippen LogP contribution in [0, 0.1) is 9.39 Å². The van der Waals surface area contributed by atoms with Gasteiger partial charge in [0.25, 0.3) is 0 Å². The molecule has 0 aromatic heterocycles. The van der Waals surface area contributed by atoms with E-state index >= 15 is 0 Å². The molecule has 0 N–H and O–H groups in total. The normalized spacial score (nSPS) is 10.6. The van der Waals surface area contributed by atoms with Crippen molar-refractivity contribution in [2.24, 2.45) is 0 Å². The summed E-state index contributed by atoms with van der Waals surface area (Å²) in [6, 6.07) is 2.86. The Morgan fingerprint density at radius 1 is 1.46 bits per heavy atom. The second-order valence-corrected chi connectivity index (χ2v) is 4.43. The third kappa shape index (κ3) is 2.98. The van der Waals surface area contributed by atoms with Gasteiger partial charge in [-0.2, -0.15) is 0 Å². The summed E-state index contributed by atoms with van der Waals surface area (Å²) in [5.41, 5.74) is 0. The molecule has 72 valence electrons. The highest BCUT2D eigenvalue weighted by Crippen LogP contribution is 2.28. The highest BCUT2D eigenvalue weighted by Gasteiger charge is 2.08. The van der Waals surface area contributed by atoms with E-state index < -0.39 is 5.82 Å². The van der Waals surface area contributed by atoms with Crippen LogP contribution >= 0.6 is 34.2 Å². The van der Waals surface area contributed by atoms with E-state index in [4.69, 9.17) is 16.3 Å². The van der Waals surface area contributed by atoms with Gasteiger partial charge < -0.3 is 4.74 Å². The van der Waals surface area contributed by atoms with Gasteiger partial charge in [0.1, 0.15) is 11.6 Å². The van der Waals surface area contributed by atoms with Crippen LogP contribution < -0.4 is 4.74 Å². The monoisotopic (exact) mass is 314 g/mol. The summed E-state index contributed by atoms with van der Waals surface area (Å²) in [4.78, 5) is 0. The number of rotatable bonds is 2. The molecule has 0 saturated carbocycles. The van der Waals surface area contributed by atoms with Crippen molar-refractivity contribution >= 4 is 34.2 Å². The van der Waals surface area contributed by atoms with Gasteiger partial charge in [-0.3, -0.25) is 0 Å². The van der Waals surface area contributed by atoms with Gasteiger partial charge in [0.05, 0.1) is 14.7 Å². The zero-order valence-electron chi connectivity index (χ0n) is 7.27. The molecule has 1 aromatic carbocycles. The lowest BCUT2D eigenvalue weighted by atomic mass is 10.3. The van der Waals surface area contributed by atoms with Gasteiger partial charge in [-0.25, -0.2) is 4.39 Å². The molecule has 0 aliphatic heterocycles. The Morgan fingerprint density at radius 3 is 2.62 bits per heavy atom. The number of benzene rings is 1. The lowest BCUT2D eigenvalue weighted by Crippen LogP contribution is -2.06. The maximum absolute atomic E-state index is 12.9. The van der Waals surface area contributed by atoms with E-state index in [0.717, 1.165) is 3.57 Å². The minimum atomic E-state index is -0.415. The van der Waals surface area contributed by atoms with Crippen molar-refractivity contribution < 1.29 is 9.13 Å². The Balaban J connectivity index is 3.01.